The minimum atomic E-state index is -1.76. The van der Waals surface area contributed by atoms with E-state index in [1.165, 1.54) is 32.1 Å². The monoisotopic (exact) mass is 364 g/mol. The molecular formula is C22H40O2Si. The van der Waals surface area contributed by atoms with Gasteiger partial charge in [-0.1, -0.05) is 58.6 Å². The lowest BCUT2D eigenvalue weighted by Crippen LogP contribution is -2.43. The minimum absolute atomic E-state index is 0.235. The smallest absolute Gasteiger partial charge is 0.192 e. The molecule has 2 aliphatic carbocycles. The van der Waals surface area contributed by atoms with Crippen molar-refractivity contribution in [2.75, 3.05) is 0 Å². The molecule has 2 nitrogen and oxygen atoms in total. The zero-order valence-electron chi connectivity index (χ0n) is 17.3. The predicted molar refractivity (Wildman–Crippen MR) is 109 cm³/mol. The predicted octanol–water partition coefficient (Wildman–Crippen LogP) is 6.66. The summed E-state index contributed by atoms with van der Waals surface area (Å²) in [6, 6.07) is 0. The van der Waals surface area contributed by atoms with Gasteiger partial charge in [0.1, 0.15) is 5.78 Å². The zero-order chi connectivity index (χ0) is 18.5. The fraction of sp³-hybridized carbons (Fsp3) is 0.864. The van der Waals surface area contributed by atoms with E-state index in [-0.39, 0.29) is 11.1 Å². The number of hydrogen-bond donors (Lipinski definition) is 0. The van der Waals surface area contributed by atoms with Crippen molar-refractivity contribution >= 4 is 14.1 Å². The number of hydrogen-bond acceptors (Lipinski definition) is 2. The molecule has 0 N–H and O–H groups in total. The molecule has 0 heterocycles. The van der Waals surface area contributed by atoms with Crippen molar-refractivity contribution < 1.29 is 9.22 Å². The zero-order valence-corrected chi connectivity index (χ0v) is 18.3. The summed E-state index contributed by atoms with van der Waals surface area (Å²) < 4.78 is 6.75. The van der Waals surface area contributed by atoms with Gasteiger partial charge in [-0.3, -0.25) is 4.79 Å². The molecule has 0 saturated heterocycles. The summed E-state index contributed by atoms with van der Waals surface area (Å²) in [7, 11) is -1.76. The van der Waals surface area contributed by atoms with Crippen LogP contribution in [0, 0.1) is 11.8 Å². The Kier molecular flexibility index (Phi) is 7.51. The molecule has 0 radical (unpaired) electrons. The maximum atomic E-state index is 11.7. The molecule has 2 atom stereocenters. The normalized spacial score (nSPS) is 25.0. The quantitative estimate of drug-likeness (QED) is 0.373. The van der Waals surface area contributed by atoms with E-state index in [4.69, 9.17) is 4.43 Å². The Balaban J connectivity index is 1.98. The molecule has 2 aliphatic rings. The molecule has 0 aromatic carbocycles. The van der Waals surface area contributed by atoms with Gasteiger partial charge in [-0.25, -0.2) is 0 Å². The number of rotatable bonds is 7. The highest BCUT2D eigenvalue weighted by Gasteiger charge is 2.38. The van der Waals surface area contributed by atoms with Crippen molar-refractivity contribution in [1.82, 2.24) is 0 Å². The standard InChI is InChI=1S/C22H40O2Si/c1-22(2,3)25(4,5)24-21(15-13-18-9-6-7-10-18)16-14-19-11-8-12-20(23)17-19/h14,16,18-19,21H,6-13,15,17H2,1-5H3/b16-14+. The van der Waals surface area contributed by atoms with Crippen LogP contribution in [-0.2, 0) is 9.22 Å². The first-order chi connectivity index (χ1) is 11.7. The third kappa shape index (κ3) is 6.67. The van der Waals surface area contributed by atoms with Gasteiger partial charge in [0, 0.05) is 12.8 Å². The van der Waals surface area contributed by atoms with Crippen LogP contribution in [0.25, 0.3) is 0 Å². The molecule has 0 spiro atoms. The van der Waals surface area contributed by atoms with Crippen LogP contribution in [0.3, 0.4) is 0 Å². The van der Waals surface area contributed by atoms with Crippen LogP contribution in [0.1, 0.15) is 85.0 Å². The molecule has 0 aromatic rings. The van der Waals surface area contributed by atoms with Crippen molar-refractivity contribution in [3.05, 3.63) is 12.2 Å². The Morgan fingerprint density at radius 3 is 2.44 bits per heavy atom. The highest BCUT2D eigenvalue weighted by molar-refractivity contribution is 6.74. The molecule has 3 heteroatoms. The Bertz CT molecular complexity index is 455. The number of ketones is 1. The molecule has 0 aromatic heterocycles. The van der Waals surface area contributed by atoms with Crippen molar-refractivity contribution in [2.45, 2.75) is 109 Å². The SMILES string of the molecule is CC(C)(C)[Si](C)(C)OC(/C=C/C1CCCC(=O)C1)CCC1CCCC1. The summed E-state index contributed by atoms with van der Waals surface area (Å²) in [5.74, 6) is 1.79. The minimum Gasteiger partial charge on any atom is -0.411 e. The maximum absolute atomic E-state index is 11.7. The summed E-state index contributed by atoms with van der Waals surface area (Å²) in [5.41, 5.74) is 0. The molecule has 25 heavy (non-hydrogen) atoms. The molecule has 144 valence electrons. The maximum Gasteiger partial charge on any atom is 0.192 e. The van der Waals surface area contributed by atoms with Crippen molar-refractivity contribution in [1.29, 1.82) is 0 Å². The van der Waals surface area contributed by atoms with Gasteiger partial charge in [0.2, 0.25) is 0 Å². The molecule has 0 amide bonds. The van der Waals surface area contributed by atoms with E-state index in [1.807, 2.05) is 0 Å². The fourth-order valence-electron chi connectivity index (χ4n) is 3.95. The second-order valence-electron chi connectivity index (χ2n) is 9.92. The molecule has 2 rings (SSSR count). The van der Waals surface area contributed by atoms with Gasteiger partial charge in [0.25, 0.3) is 0 Å². The molecule has 2 unspecified atom stereocenters. The Morgan fingerprint density at radius 2 is 1.84 bits per heavy atom. The molecule has 0 aliphatic heterocycles. The van der Waals surface area contributed by atoms with E-state index < -0.39 is 8.32 Å². The van der Waals surface area contributed by atoms with Gasteiger partial charge in [-0.05, 0) is 55.7 Å². The Labute approximate surface area is 156 Å². The topological polar surface area (TPSA) is 26.3 Å². The lowest BCUT2D eigenvalue weighted by atomic mass is 9.87. The van der Waals surface area contributed by atoms with Crippen LogP contribution >= 0.6 is 0 Å². The summed E-state index contributed by atoms with van der Waals surface area (Å²) in [4.78, 5) is 11.7. The van der Waals surface area contributed by atoms with Gasteiger partial charge >= 0.3 is 0 Å². The van der Waals surface area contributed by atoms with Gasteiger partial charge in [-0.2, -0.15) is 0 Å². The van der Waals surface area contributed by atoms with Crippen molar-refractivity contribution in [3.63, 3.8) is 0 Å². The molecule has 2 fully saturated rings. The average molecular weight is 365 g/mol. The van der Waals surface area contributed by atoms with E-state index in [9.17, 15) is 4.79 Å². The van der Waals surface area contributed by atoms with E-state index in [1.54, 1.807) is 0 Å². The van der Waals surface area contributed by atoms with Crippen LogP contribution in [0.5, 0.6) is 0 Å². The van der Waals surface area contributed by atoms with Crippen molar-refractivity contribution in [3.8, 4) is 0 Å². The van der Waals surface area contributed by atoms with E-state index in [0.717, 1.165) is 38.0 Å². The van der Waals surface area contributed by atoms with Gasteiger partial charge in [-0.15, -0.1) is 0 Å². The highest BCUT2D eigenvalue weighted by atomic mass is 28.4. The first-order valence-electron chi connectivity index (χ1n) is 10.6. The first-order valence-corrected chi connectivity index (χ1v) is 13.5. The number of carbonyl (C=O) groups is 1. The number of allylic oxidation sites excluding steroid dienone is 1. The lowest BCUT2D eigenvalue weighted by molar-refractivity contribution is -0.121. The van der Waals surface area contributed by atoms with Crippen LogP contribution in [0.15, 0.2) is 12.2 Å². The fourth-order valence-corrected chi connectivity index (χ4v) is 5.26. The van der Waals surface area contributed by atoms with Crippen LogP contribution in [0.4, 0.5) is 0 Å². The lowest BCUT2D eigenvalue weighted by Gasteiger charge is -2.39. The average Bonchev–Trinajstić information content (AvgIpc) is 3.02. The van der Waals surface area contributed by atoms with Crippen LogP contribution < -0.4 is 0 Å². The summed E-state index contributed by atoms with van der Waals surface area (Å²) in [6.45, 7) is 11.7. The number of carbonyl (C=O) groups excluding carboxylic acids is 1. The second-order valence-corrected chi connectivity index (χ2v) is 14.7. The van der Waals surface area contributed by atoms with Crippen LogP contribution in [0.2, 0.25) is 18.1 Å². The van der Waals surface area contributed by atoms with E-state index in [2.05, 4.69) is 46.0 Å². The first kappa shape index (κ1) is 20.9. The molecule has 0 bridgehead atoms. The van der Waals surface area contributed by atoms with Gasteiger partial charge < -0.3 is 4.43 Å². The Hall–Kier alpha value is -0.413. The molecule has 2 saturated carbocycles. The summed E-state index contributed by atoms with van der Waals surface area (Å²) >= 11 is 0. The van der Waals surface area contributed by atoms with Crippen LogP contribution in [-0.4, -0.2) is 20.2 Å². The van der Waals surface area contributed by atoms with Gasteiger partial charge in [0.15, 0.2) is 8.32 Å². The third-order valence-corrected chi connectivity index (χ3v) is 11.2. The second kappa shape index (κ2) is 8.99. The Morgan fingerprint density at radius 1 is 1.16 bits per heavy atom. The highest BCUT2D eigenvalue weighted by Crippen LogP contribution is 2.38. The summed E-state index contributed by atoms with van der Waals surface area (Å²) in [5, 5.41) is 0.243. The van der Waals surface area contributed by atoms with E-state index >= 15 is 0 Å². The third-order valence-electron chi connectivity index (χ3n) is 6.70. The van der Waals surface area contributed by atoms with E-state index in [0.29, 0.717) is 11.7 Å². The van der Waals surface area contributed by atoms with Gasteiger partial charge in [0.05, 0.1) is 6.10 Å². The molecular weight excluding hydrogens is 324 g/mol. The summed E-state index contributed by atoms with van der Waals surface area (Å²) in [6.07, 6.45) is 16.7. The van der Waals surface area contributed by atoms with Crippen molar-refractivity contribution in [2.24, 2.45) is 11.8 Å². The largest absolute Gasteiger partial charge is 0.411 e. The number of Topliss-reactive ketones (excluding diaryl/α,β-unsaturated/α-hetero) is 1.